The predicted molar refractivity (Wildman–Crippen MR) is 112 cm³/mol. The van der Waals surface area contributed by atoms with Gasteiger partial charge in [0.05, 0.1) is 11.7 Å². The molecule has 0 saturated carbocycles. The van der Waals surface area contributed by atoms with Crippen molar-refractivity contribution in [2.45, 2.75) is 71.9 Å². The molecule has 1 aromatic rings. The first-order valence-corrected chi connectivity index (χ1v) is 10.3. The van der Waals surface area contributed by atoms with Crippen LogP contribution < -0.4 is 10.1 Å². The number of amides is 1. The van der Waals surface area contributed by atoms with E-state index in [9.17, 15) is 18.4 Å². The van der Waals surface area contributed by atoms with Crippen LogP contribution >= 0.6 is 0 Å². The Morgan fingerprint density at radius 3 is 2.58 bits per heavy atom. The Bertz CT molecular complexity index is 823. The van der Waals surface area contributed by atoms with E-state index >= 15 is 0 Å². The van der Waals surface area contributed by atoms with Crippen molar-refractivity contribution >= 4 is 17.6 Å². The predicted octanol–water partition coefficient (Wildman–Crippen LogP) is 4.69. The molecule has 1 heterocycles. The molecule has 1 N–H and O–H groups in total. The van der Waals surface area contributed by atoms with Crippen LogP contribution in [-0.4, -0.2) is 30.4 Å². The number of carbonyl (C=O) groups excluding carboxylic acids is 2. The van der Waals surface area contributed by atoms with Crippen LogP contribution in [0.3, 0.4) is 0 Å². The first-order chi connectivity index (χ1) is 14.6. The van der Waals surface area contributed by atoms with E-state index in [-0.39, 0.29) is 41.7 Å². The maximum Gasteiger partial charge on any atom is 0.303 e. The molecule has 0 bridgehead atoms. The van der Waals surface area contributed by atoms with Crippen molar-refractivity contribution in [3.05, 3.63) is 23.8 Å². The molecular weight excluding hydrogens is 408 g/mol. The number of benzene rings is 1. The zero-order chi connectivity index (χ0) is 23.1. The molecule has 1 aliphatic rings. The lowest BCUT2D eigenvalue weighted by atomic mass is 9.84. The van der Waals surface area contributed by atoms with Gasteiger partial charge in [-0.1, -0.05) is 13.8 Å². The topological polar surface area (TPSA) is 73.9 Å². The minimum Gasteiger partial charge on any atom is -0.460 e. The molecule has 6 nitrogen and oxygen atoms in total. The average molecular weight is 437 g/mol. The smallest absolute Gasteiger partial charge is 0.303 e. The molecule has 1 aliphatic heterocycles. The van der Waals surface area contributed by atoms with E-state index in [1.807, 2.05) is 20.8 Å². The summed E-state index contributed by atoms with van der Waals surface area (Å²) < 4.78 is 44.5. The number of alkyl halides is 2. The third-order valence-corrected chi connectivity index (χ3v) is 5.50. The summed E-state index contributed by atoms with van der Waals surface area (Å²) in [7, 11) is 0. The van der Waals surface area contributed by atoms with Crippen LogP contribution in [0.25, 0.3) is 0 Å². The van der Waals surface area contributed by atoms with Crippen LogP contribution in [0.2, 0.25) is 0 Å². The van der Waals surface area contributed by atoms with Gasteiger partial charge in [0.2, 0.25) is 12.2 Å². The second-order valence-electron chi connectivity index (χ2n) is 7.78. The Hall–Kier alpha value is -2.66. The van der Waals surface area contributed by atoms with E-state index in [1.165, 1.54) is 19.1 Å². The van der Waals surface area contributed by atoms with Gasteiger partial charge in [-0.05, 0) is 37.5 Å². The Kier molecular flexibility index (Phi) is 8.81. The highest BCUT2D eigenvalue weighted by Crippen LogP contribution is 2.37. The molecule has 0 aliphatic carbocycles. The summed E-state index contributed by atoms with van der Waals surface area (Å²) in [6.45, 7) is 7.00. The Morgan fingerprint density at radius 2 is 1.97 bits per heavy atom. The monoisotopic (exact) mass is 437 g/mol. The van der Waals surface area contributed by atoms with Crippen LogP contribution in [0, 0.1) is 24.2 Å². The maximum absolute atomic E-state index is 13.7. The summed E-state index contributed by atoms with van der Waals surface area (Å²) in [5.74, 6) is 1.49. The largest absolute Gasteiger partial charge is 0.460 e. The summed E-state index contributed by atoms with van der Waals surface area (Å²) in [6.07, 6.45) is 1.48. The molecule has 1 fully saturated rings. The van der Waals surface area contributed by atoms with E-state index in [0.29, 0.717) is 12.8 Å². The number of hydrogen-bond donors (Lipinski definition) is 1. The molecule has 0 spiro atoms. The van der Waals surface area contributed by atoms with Gasteiger partial charge >= 0.3 is 5.97 Å². The number of ether oxygens (including phenoxy) is 3. The van der Waals surface area contributed by atoms with E-state index in [1.54, 1.807) is 0 Å². The summed E-state index contributed by atoms with van der Waals surface area (Å²) in [5, 5.41) is 2.58. The number of hydrogen-bond acceptors (Lipinski definition) is 5. The van der Waals surface area contributed by atoms with Crippen LogP contribution in [0.5, 0.6) is 5.75 Å². The molecule has 0 aromatic heterocycles. The third kappa shape index (κ3) is 6.66. The maximum atomic E-state index is 13.7. The van der Waals surface area contributed by atoms with Gasteiger partial charge in [0, 0.05) is 31.4 Å². The molecule has 5 unspecified atom stereocenters. The van der Waals surface area contributed by atoms with E-state index in [2.05, 4.69) is 11.2 Å². The molecule has 1 saturated heterocycles. The lowest BCUT2D eigenvalue weighted by molar-refractivity contribution is -0.243. The summed E-state index contributed by atoms with van der Waals surface area (Å²) in [5.41, 5.74) is -0.171. The van der Waals surface area contributed by atoms with Gasteiger partial charge in [0.1, 0.15) is 5.75 Å². The molecule has 8 heteroatoms. The fourth-order valence-electron chi connectivity index (χ4n) is 3.44. The van der Waals surface area contributed by atoms with Crippen molar-refractivity contribution in [1.29, 1.82) is 0 Å². The zero-order valence-corrected chi connectivity index (χ0v) is 18.2. The molecule has 2 rings (SSSR count). The second-order valence-corrected chi connectivity index (χ2v) is 7.78. The van der Waals surface area contributed by atoms with Crippen molar-refractivity contribution in [3.8, 4) is 18.1 Å². The summed E-state index contributed by atoms with van der Waals surface area (Å²) in [6, 6.07) is 3.98. The SMILES string of the molecule is C#CCCCC(=O)Nc1ccc(OC2OC(C)C(C)C(C)C2OC(C)=O)c(C(F)F)c1. The van der Waals surface area contributed by atoms with E-state index in [4.69, 9.17) is 20.6 Å². The molecule has 0 radical (unpaired) electrons. The minimum atomic E-state index is -2.85. The number of anilines is 1. The summed E-state index contributed by atoms with van der Waals surface area (Å²) >= 11 is 0. The number of terminal acetylenes is 1. The molecule has 1 aromatic carbocycles. The van der Waals surface area contributed by atoms with Gasteiger partial charge in [-0.25, -0.2) is 8.78 Å². The van der Waals surface area contributed by atoms with Crippen molar-refractivity contribution in [2.75, 3.05) is 5.32 Å². The number of carbonyl (C=O) groups is 2. The van der Waals surface area contributed by atoms with Crippen LogP contribution in [0.4, 0.5) is 14.5 Å². The van der Waals surface area contributed by atoms with Crippen molar-refractivity contribution < 1.29 is 32.6 Å². The Morgan fingerprint density at radius 1 is 1.26 bits per heavy atom. The quantitative estimate of drug-likeness (QED) is 0.363. The highest BCUT2D eigenvalue weighted by atomic mass is 19.3. The first kappa shape index (κ1) is 24.6. The second kappa shape index (κ2) is 11.1. The van der Waals surface area contributed by atoms with Gasteiger partial charge in [0.25, 0.3) is 6.43 Å². The first-order valence-electron chi connectivity index (χ1n) is 10.3. The van der Waals surface area contributed by atoms with Crippen LogP contribution in [-0.2, 0) is 19.1 Å². The van der Waals surface area contributed by atoms with Gasteiger partial charge in [-0.15, -0.1) is 12.3 Å². The Balaban J connectivity index is 2.21. The highest BCUT2D eigenvalue weighted by molar-refractivity contribution is 5.90. The normalized spacial score (nSPS) is 25.5. The standard InChI is InChI=1S/C23H29F2NO5/c1-6-7-8-9-20(28)26-17-10-11-19(18(12-17)22(24)25)31-23-21(30-16(5)27)14(3)13(2)15(4)29-23/h1,10-15,21-23H,7-9H2,2-5H3,(H,26,28). The number of rotatable bonds is 8. The van der Waals surface area contributed by atoms with Crippen molar-refractivity contribution in [1.82, 2.24) is 0 Å². The number of nitrogens with one attached hydrogen (secondary N) is 1. The zero-order valence-electron chi connectivity index (χ0n) is 18.2. The summed E-state index contributed by atoms with van der Waals surface area (Å²) in [4.78, 5) is 23.5. The highest BCUT2D eigenvalue weighted by Gasteiger charge is 2.43. The molecular formula is C23H29F2NO5. The molecule has 170 valence electrons. The lowest BCUT2D eigenvalue weighted by Gasteiger charge is -2.42. The van der Waals surface area contributed by atoms with E-state index in [0.717, 1.165) is 6.07 Å². The number of halogens is 2. The molecule has 31 heavy (non-hydrogen) atoms. The van der Waals surface area contributed by atoms with Crippen molar-refractivity contribution in [2.24, 2.45) is 11.8 Å². The van der Waals surface area contributed by atoms with Crippen LogP contribution in [0.15, 0.2) is 18.2 Å². The minimum absolute atomic E-state index is 0.0748. The average Bonchev–Trinajstić information content (AvgIpc) is 2.70. The van der Waals surface area contributed by atoms with Gasteiger partial charge in [0.15, 0.2) is 6.10 Å². The lowest BCUT2D eigenvalue weighted by Crippen LogP contribution is -2.52. The van der Waals surface area contributed by atoms with Crippen LogP contribution in [0.1, 0.15) is 58.9 Å². The fourth-order valence-corrected chi connectivity index (χ4v) is 3.44. The van der Waals surface area contributed by atoms with Gasteiger partial charge in [-0.2, -0.15) is 0 Å². The van der Waals surface area contributed by atoms with E-state index < -0.39 is 30.4 Å². The Labute approximate surface area is 181 Å². The molecule has 1 amide bonds. The number of unbranched alkanes of at least 4 members (excludes halogenated alkanes) is 1. The molecule has 5 atom stereocenters. The number of esters is 1. The fraction of sp³-hybridized carbons (Fsp3) is 0.565. The third-order valence-electron chi connectivity index (χ3n) is 5.50. The van der Waals surface area contributed by atoms with Crippen molar-refractivity contribution in [3.63, 3.8) is 0 Å². The van der Waals surface area contributed by atoms with Gasteiger partial charge in [-0.3, -0.25) is 9.59 Å². The van der Waals surface area contributed by atoms with Gasteiger partial charge < -0.3 is 19.5 Å².